The van der Waals surface area contributed by atoms with E-state index in [0.717, 1.165) is 43.2 Å². The molecule has 1 saturated carbocycles. The van der Waals surface area contributed by atoms with Crippen LogP contribution in [0.4, 0.5) is 0 Å². The number of pyridine rings is 1. The number of carbonyl (C=O) groups is 1. The number of benzene rings is 1. The average molecular weight is 411 g/mol. The summed E-state index contributed by atoms with van der Waals surface area (Å²) in [6.07, 6.45) is 6.26. The minimum atomic E-state index is -0.688. The molecular formula is C23H23ClN2O3. The molecular weight excluding hydrogens is 388 g/mol. The predicted molar refractivity (Wildman–Crippen MR) is 112 cm³/mol. The molecule has 0 aliphatic heterocycles. The van der Waals surface area contributed by atoms with Gasteiger partial charge in [0, 0.05) is 17.3 Å². The Morgan fingerprint density at radius 2 is 1.97 bits per heavy atom. The first-order chi connectivity index (χ1) is 14.0. The Morgan fingerprint density at radius 1 is 1.17 bits per heavy atom. The van der Waals surface area contributed by atoms with Gasteiger partial charge in [0.05, 0.1) is 11.1 Å². The number of fused-ring (bicyclic) bond motifs is 1. The van der Waals surface area contributed by atoms with Crippen molar-refractivity contribution in [1.82, 2.24) is 9.38 Å². The molecule has 6 heteroatoms. The van der Waals surface area contributed by atoms with Gasteiger partial charge in [0.25, 0.3) is 5.56 Å². The summed E-state index contributed by atoms with van der Waals surface area (Å²) in [5, 5.41) is 0.611. The molecule has 0 unspecified atom stereocenters. The van der Waals surface area contributed by atoms with Gasteiger partial charge in [-0.1, -0.05) is 49.1 Å². The van der Waals surface area contributed by atoms with Crippen LogP contribution in [-0.2, 0) is 21.6 Å². The smallest absolute Gasteiger partial charge is 0.316 e. The zero-order valence-corrected chi connectivity index (χ0v) is 17.1. The van der Waals surface area contributed by atoms with Crippen LogP contribution in [0, 0.1) is 6.92 Å². The highest BCUT2D eigenvalue weighted by atomic mass is 35.5. The fourth-order valence-corrected chi connectivity index (χ4v) is 4.35. The van der Waals surface area contributed by atoms with E-state index in [9.17, 15) is 9.59 Å². The van der Waals surface area contributed by atoms with E-state index >= 15 is 0 Å². The molecule has 1 aliphatic rings. The molecule has 0 N–H and O–H groups in total. The Morgan fingerprint density at radius 3 is 2.72 bits per heavy atom. The van der Waals surface area contributed by atoms with Crippen LogP contribution in [0.15, 0.2) is 53.5 Å². The molecule has 3 aromatic rings. The first-order valence-electron chi connectivity index (χ1n) is 9.90. The fraction of sp³-hybridized carbons (Fsp3) is 0.348. The van der Waals surface area contributed by atoms with E-state index in [0.29, 0.717) is 16.4 Å². The number of hydrogen-bond donors (Lipinski definition) is 0. The van der Waals surface area contributed by atoms with Crippen LogP contribution in [-0.4, -0.2) is 15.4 Å². The van der Waals surface area contributed by atoms with Gasteiger partial charge in [0.2, 0.25) is 0 Å². The molecule has 1 aliphatic carbocycles. The normalized spacial score (nSPS) is 15.9. The lowest BCUT2D eigenvalue weighted by Crippen LogP contribution is -2.39. The van der Waals surface area contributed by atoms with Crippen LogP contribution in [0.1, 0.15) is 48.9 Å². The molecule has 0 radical (unpaired) electrons. The van der Waals surface area contributed by atoms with Crippen molar-refractivity contribution >= 4 is 23.2 Å². The largest absolute Gasteiger partial charge is 0.458 e. The van der Waals surface area contributed by atoms with Crippen LogP contribution < -0.4 is 5.56 Å². The third kappa shape index (κ3) is 3.92. The van der Waals surface area contributed by atoms with Crippen molar-refractivity contribution in [2.45, 2.75) is 51.0 Å². The molecule has 0 saturated heterocycles. The fourth-order valence-electron chi connectivity index (χ4n) is 4.16. The zero-order valence-electron chi connectivity index (χ0n) is 16.4. The average Bonchev–Trinajstić information content (AvgIpc) is 2.73. The highest BCUT2D eigenvalue weighted by molar-refractivity contribution is 6.30. The molecule has 1 aromatic carbocycles. The number of nitrogens with zero attached hydrogens (tertiary/aromatic N) is 2. The van der Waals surface area contributed by atoms with E-state index in [2.05, 4.69) is 4.98 Å². The lowest BCUT2D eigenvalue weighted by atomic mass is 9.69. The van der Waals surface area contributed by atoms with E-state index < -0.39 is 5.41 Å². The van der Waals surface area contributed by atoms with Crippen molar-refractivity contribution in [3.8, 4) is 0 Å². The molecule has 2 heterocycles. The number of carbonyl (C=O) groups excluding carboxylic acids is 1. The summed E-state index contributed by atoms with van der Waals surface area (Å²) in [6, 6.07) is 12.6. The number of halogens is 1. The SMILES string of the molecule is Cc1ccc2nc(COC(=O)C3(c4cccc(Cl)c4)CCCCC3)cc(=O)n2c1. The molecule has 0 bridgehead atoms. The van der Waals surface area contributed by atoms with Crippen molar-refractivity contribution < 1.29 is 9.53 Å². The second-order valence-corrected chi connectivity index (χ2v) is 8.19. The molecule has 0 atom stereocenters. The number of hydrogen-bond acceptors (Lipinski definition) is 4. The minimum Gasteiger partial charge on any atom is -0.458 e. The standard InChI is InChI=1S/C23H23ClN2O3/c1-16-8-9-20-25-19(13-21(27)26(20)14-16)15-29-22(28)23(10-3-2-4-11-23)17-6-5-7-18(24)12-17/h5-9,12-14H,2-4,10-11,15H2,1H3. The molecule has 0 amide bonds. The predicted octanol–water partition coefficient (Wildman–Crippen LogP) is 4.60. The van der Waals surface area contributed by atoms with Gasteiger partial charge in [-0.25, -0.2) is 4.98 Å². The van der Waals surface area contributed by atoms with E-state index in [1.807, 2.05) is 31.2 Å². The maximum Gasteiger partial charge on any atom is 0.316 e. The maximum atomic E-state index is 13.2. The van der Waals surface area contributed by atoms with Crippen molar-refractivity contribution in [1.29, 1.82) is 0 Å². The monoisotopic (exact) mass is 410 g/mol. The summed E-state index contributed by atoms with van der Waals surface area (Å²) >= 11 is 6.19. The van der Waals surface area contributed by atoms with Gasteiger partial charge in [-0.15, -0.1) is 0 Å². The van der Waals surface area contributed by atoms with Gasteiger partial charge < -0.3 is 4.74 Å². The second kappa shape index (κ2) is 7.99. The van der Waals surface area contributed by atoms with E-state index in [4.69, 9.17) is 16.3 Å². The van der Waals surface area contributed by atoms with Gasteiger partial charge in [0.1, 0.15) is 12.3 Å². The van der Waals surface area contributed by atoms with Gasteiger partial charge >= 0.3 is 5.97 Å². The van der Waals surface area contributed by atoms with Gasteiger partial charge in [0.15, 0.2) is 0 Å². The second-order valence-electron chi connectivity index (χ2n) is 7.75. The maximum absolute atomic E-state index is 13.2. The Hall–Kier alpha value is -2.66. The summed E-state index contributed by atoms with van der Waals surface area (Å²) in [5.74, 6) is -0.273. The summed E-state index contributed by atoms with van der Waals surface area (Å²) < 4.78 is 7.20. The van der Waals surface area contributed by atoms with Crippen LogP contribution in [0.25, 0.3) is 5.65 Å². The molecule has 1 fully saturated rings. The van der Waals surface area contributed by atoms with Gasteiger partial charge in [-0.3, -0.25) is 14.0 Å². The van der Waals surface area contributed by atoms with Crippen molar-refractivity contribution in [2.24, 2.45) is 0 Å². The van der Waals surface area contributed by atoms with Crippen LogP contribution >= 0.6 is 11.6 Å². The zero-order chi connectivity index (χ0) is 20.4. The molecule has 4 rings (SSSR count). The lowest BCUT2D eigenvalue weighted by Gasteiger charge is -2.35. The highest BCUT2D eigenvalue weighted by Gasteiger charge is 2.42. The molecule has 150 valence electrons. The number of esters is 1. The Kier molecular flexibility index (Phi) is 5.41. The minimum absolute atomic E-state index is 0.0270. The third-order valence-electron chi connectivity index (χ3n) is 5.69. The molecule has 5 nitrogen and oxygen atoms in total. The third-order valence-corrected chi connectivity index (χ3v) is 5.92. The Labute approximate surface area is 174 Å². The molecule has 2 aromatic heterocycles. The summed E-state index contributed by atoms with van der Waals surface area (Å²) in [5.41, 5.74) is 1.98. The van der Waals surface area contributed by atoms with E-state index in [1.165, 1.54) is 10.5 Å². The van der Waals surface area contributed by atoms with Crippen molar-refractivity contribution in [3.05, 3.63) is 80.9 Å². The number of aromatic nitrogens is 2. The number of ether oxygens (including phenoxy) is 1. The van der Waals surface area contributed by atoms with Crippen LogP contribution in [0.5, 0.6) is 0 Å². The van der Waals surface area contributed by atoms with Crippen LogP contribution in [0.3, 0.4) is 0 Å². The van der Waals surface area contributed by atoms with Gasteiger partial charge in [-0.2, -0.15) is 0 Å². The van der Waals surface area contributed by atoms with E-state index in [1.54, 1.807) is 18.3 Å². The summed E-state index contributed by atoms with van der Waals surface area (Å²) in [7, 11) is 0. The Bertz CT molecular complexity index is 1120. The van der Waals surface area contributed by atoms with Gasteiger partial charge in [-0.05, 0) is 49.1 Å². The van der Waals surface area contributed by atoms with Crippen molar-refractivity contribution in [3.63, 3.8) is 0 Å². The number of aryl methyl sites for hydroxylation is 1. The molecule has 29 heavy (non-hydrogen) atoms. The first-order valence-corrected chi connectivity index (χ1v) is 10.3. The van der Waals surface area contributed by atoms with Crippen molar-refractivity contribution in [2.75, 3.05) is 0 Å². The highest BCUT2D eigenvalue weighted by Crippen LogP contribution is 2.41. The summed E-state index contributed by atoms with van der Waals surface area (Å²) in [6.45, 7) is 1.89. The quantitative estimate of drug-likeness (QED) is 0.589. The first kappa shape index (κ1) is 19.6. The topological polar surface area (TPSA) is 60.7 Å². The van der Waals surface area contributed by atoms with E-state index in [-0.39, 0.29) is 18.1 Å². The molecule has 0 spiro atoms. The lowest BCUT2D eigenvalue weighted by molar-refractivity contribution is -0.153. The Balaban J connectivity index is 1.59. The number of rotatable bonds is 4. The van der Waals surface area contributed by atoms with Crippen LogP contribution in [0.2, 0.25) is 5.02 Å². The summed E-state index contributed by atoms with van der Waals surface area (Å²) in [4.78, 5) is 30.1.